The van der Waals surface area contributed by atoms with Gasteiger partial charge < -0.3 is 9.30 Å². The fourth-order valence-electron chi connectivity index (χ4n) is 1.90. The van der Waals surface area contributed by atoms with E-state index < -0.39 is 4.92 Å². The third-order valence-corrected chi connectivity index (χ3v) is 4.20. The lowest BCUT2D eigenvalue weighted by atomic mass is 10.3. The van der Waals surface area contributed by atoms with Gasteiger partial charge in [-0.15, -0.1) is 10.2 Å². The molecule has 0 amide bonds. The van der Waals surface area contributed by atoms with Gasteiger partial charge in [-0.25, -0.2) is 0 Å². The summed E-state index contributed by atoms with van der Waals surface area (Å²) in [5, 5.41) is 23.5. The van der Waals surface area contributed by atoms with E-state index in [1.165, 1.54) is 28.8 Å². The molecule has 124 valence electrons. The highest BCUT2D eigenvalue weighted by Crippen LogP contribution is 2.19. The minimum Gasteiger partial charge on any atom is -0.486 e. The van der Waals surface area contributed by atoms with E-state index >= 15 is 0 Å². The number of hydrogen-bond acceptors (Lipinski definition) is 7. The second-order valence-electron chi connectivity index (χ2n) is 4.83. The molecule has 10 heteroatoms. The predicted molar refractivity (Wildman–Crippen MR) is 86.5 cm³/mol. The molecule has 2 heterocycles. The lowest BCUT2D eigenvalue weighted by molar-refractivity contribution is -0.385. The summed E-state index contributed by atoms with van der Waals surface area (Å²) in [5.74, 6) is 1.85. The summed E-state index contributed by atoms with van der Waals surface area (Å²) in [6.07, 6.45) is 2.60. The molecule has 3 aromatic rings. The Morgan fingerprint density at radius 2 is 2.08 bits per heavy atom. The zero-order chi connectivity index (χ0) is 16.9. The Balaban J connectivity index is 1.59. The second kappa shape index (κ2) is 7.13. The topological polar surface area (TPSA) is 101 Å². The van der Waals surface area contributed by atoms with Crippen molar-refractivity contribution >= 4 is 17.4 Å². The average molecular weight is 346 g/mol. The van der Waals surface area contributed by atoms with Crippen molar-refractivity contribution in [1.29, 1.82) is 0 Å². The Labute approximate surface area is 141 Å². The molecule has 0 aliphatic rings. The van der Waals surface area contributed by atoms with E-state index in [1.54, 1.807) is 0 Å². The summed E-state index contributed by atoms with van der Waals surface area (Å²) in [5.41, 5.74) is -0.0366. The fraction of sp³-hybridized carbons (Fsp3) is 0.214. The molecule has 24 heavy (non-hydrogen) atoms. The normalized spacial score (nSPS) is 10.7. The minimum atomic E-state index is -0.477. The van der Waals surface area contributed by atoms with Gasteiger partial charge in [-0.1, -0.05) is 30.0 Å². The van der Waals surface area contributed by atoms with Gasteiger partial charge in [-0.2, -0.15) is 5.10 Å². The lowest BCUT2D eigenvalue weighted by Gasteiger charge is -2.06. The highest BCUT2D eigenvalue weighted by atomic mass is 32.2. The molecule has 0 atom stereocenters. The van der Waals surface area contributed by atoms with Gasteiger partial charge in [-0.05, 0) is 12.1 Å². The van der Waals surface area contributed by atoms with Gasteiger partial charge in [0.1, 0.15) is 24.8 Å². The van der Waals surface area contributed by atoms with Gasteiger partial charge in [0.05, 0.1) is 10.8 Å². The van der Waals surface area contributed by atoms with Crippen molar-refractivity contribution in [3.63, 3.8) is 0 Å². The van der Waals surface area contributed by atoms with Crippen LogP contribution in [0.25, 0.3) is 0 Å². The van der Waals surface area contributed by atoms with E-state index in [2.05, 4.69) is 15.3 Å². The number of hydrogen-bond donors (Lipinski definition) is 0. The van der Waals surface area contributed by atoms with Crippen LogP contribution in [0.2, 0.25) is 0 Å². The Hall–Kier alpha value is -2.88. The van der Waals surface area contributed by atoms with Crippen molar-refractivity contribution in [2.24, 2.45) is 7.05 Å². The van der Waals surface area contributed by atoms with Crippen molar-refractivity contribution in [3.05, 3.63) is 58.7 Å². The van der Waals surface area contributed by atoms with Gasteiger partial charge in [0.15, 0.2) is 11.0 Å². The van der Waals surface area contributed by atoms with Crippen molar-refractivity contribution in [2.75, 3.05) is 0 Å². The van der Waals surface area contributed by atoms with Gasteiger partial charge >= 0.3 is 5.69 Å². The SMILES string of the molecule is Cn1c(COc2ccccc2)nnc1SCn1cc([N+](=O)[O-])cn1. The summed E-state index contributed by atoms with van der Waals surface area (Å²) in [6.45, 7) is 0.307. The Kier molecular flexibility index (Phi) is 4.75. The maximum atomic E-state index is 10.6. The highest BCUT2D eigenvalue weighted by molar-refractivity contribution is 7.98. The Morgan fingerprint density at radius 3 is 2.79 bits per heavy atom. The molecule has 0 unspecified atom stereocenters. The number of nitrogens with zero attached hydrogens (tertiary/aromatic N) is 6. The van der Waals surface area contributed by atoms with Crippen LogP contribution in [0.4, 0.5) is 5.69 Å². The number of rotatable bonds is 7. The smallest absolute Gasteiger partial charge is 0.307 e. The molecular formula is C14H14N6O3S. The highest BCUT2D eigenvalue weighted by Gasteiger charge is 2.12. The van der Waals surface area contributed by atoms with Gasteiger partial charge in [0.25, 0.3) is 0 Å². The summed E-state index contributed by atoms with van der Waals surface area (Å²) in [6, 6.07) is 9.46. The Morgan fingerprint density at radius 1 is 1.29 bits per heavy atom. The lowest BCUT2D eigenvalue weighted by Crippen LogP contribution is -2.04. The molecule has 2 aromatic heterocycles. The van der Waals surface area contributed by atoms with E-state index in [9.17, 15) is 10.1 Å². The van der Waals surface area contributed by atoms with Crippen LogP contribution in [0.15, 0.2) is 47.9 Å². The van der Waals surface area contributed by atoms with Crippen molar-refractivity contribution in [2.45, 2.75) is 17.6 Å². The first-order chi connectivity index (χ1) is 11.6. The average Bonchev–Trinajstić information content (AvgIpc) is 3.19. The zero-order valence-electron chi connectivity index (χ0n) is 12.8. The number of aromatic nitrogens is 5. The molecule has 0 aliphatic carbocycles. The van der Waals surface area contributed by atoms with Gasteiger partial charge in [0, 0.05) is 7.05 Å². The van der Waals surface area contributed by atoms with Crippen LogP contribution in [0.3, 0.4) is 0 Å². The number of benzene rings is 1. The fourth-order valence-corrected chi connectivity index (χ4v) is 2.69. The van der Waals surface area contributed by atoms with Crippen LogP contribution in [0, 0.1) is 10.1 Å². The molecule has 0 N–H and O–H groups in total. The van der Waals surface area contributed by atoms with Crippen LogP contribution in [0.5, 0.6) is 5.75 Å². The standard InChI is InChI=1S/C14H14N6O3S/c1-18-13(9-23-12-5-3-2-4-6-12)16-17-14(18)24-10-19-8-11(7-15-19)20(21)22/h2-8H,9-10H2,1H3. The predicted octanol–water partition coefficient (Wildman–Crippen LogP) is 2.25. The Bertz CT molecular complexity index is 832. The molecule has 0 saturated heterocycles. The van der Waals surface area contributed by atoms with Gasteiger partial charge in [0.2, 0.25) is 0 Å². The van der Waals surface area contributed by atoms with Crippen LogP contribution in [-0.4, -0.2) is 29.5 Å². The molecule has 0 radical (unpaired) electrons. The number of para-hydroxylation sites is 1. The molecule has 0 bridgehead atoms. The van der Waals surface area contributed by atoms with E-state index in [-0.39, 0.29) is 5.69 Å². The van der Waals surface area contributed by atoms with Crippen LogP contribution in [0.1, 0.15) is 5.82 Å². The quantitative estimate of drug-likeness (QED) is 0.367. The first-order valence-corrected chi connectivity index (χ1v) is 7.98. The van der Waals surface area contributed by atoms with E-state index in [0.717, 1.165) is 5.75 Å². The monoisotopic (exact) mass is 346 g/mol. The third-order valence-electron chi connectivity index (χ3n) is 3.19. The summed E-state index contributed by atoms with van der Waals surface area (Å²) in [4.78, 5) is 10.2. The summed E-state index contributed by atoms with van der Waals surface area (Å²) >= 11 is 1.38. The van der Waals surface area contributed by atoms with Crippen LogP contribution < -0.4 is 4.74 Å². The molecule has 0 saturated carbocycles. The molecule has 1 aromatic carbocycles. The number of nitro groups is 1. The maximum absolute atomic E-state index is 10.6. The number of thioether (sulfide) groups is 1. The number of ether oxygens (including phenoxy) is 1. The van der Waals surface area contributed by atoms with Crippen molar-refractivity contribution < 1.29 is 9.66 Å². The third kappa shape index (κ3) is 3.71. The maximum Gasteiger partial charge on any atom is 0.307 e. The van der Waals surface area contributed by atoms with Crippen LogP contribution >= 0.6 is 11.8 Å². The van der Waals surface area contributed by atoms with E-state index in [0.29, 0.717) is 23.5 Å². The largest absolute Gasteiger partial charge is 0.486 e. The minimum absolute atomic E-state index is 0.0366. The van der Waals surface area contributed by atoms with Gasteiger partial charge in [-0.3, -0.25) is 14.8 Å². The second-order valence-corrected chi connectivity index (χ2v) is 5.74. The van der Waals surface area contributed by atoms with E-state index in [1.807, 2.05) is 41.9 Å². The molecule has 0 fully saturated rings. The zero-order valence-corrected chi connectivity index (χ0v) is 13.6. The van der Waals surface area contributed by atoms with E-state index in [4.69, 9.17) is 4.74 Å². The molecule has 0 aliphatic heterocycles. The molecular weight excluding hydrogens is 332 g/mol. The van der Waals surface area contributed by atoms with Crippen molar-refractivity contribution in [1.82, 2.24) is 24.5 Å². The van der Waals surface area contributed by atoms with Crippen LogP contribution in [-0.2, 0) is 19.5 Å². The first kappa shape index (κ1) is 16.0. The first-order valence-electron chi connectivity index (χ1n) is 6.99. The molecule has 0 spiro atoms. The van der Waals surface area contributed by atoms with Crippen molar-refractivity contribution in [3.8, 4) is 5.75 Å². The summed E-state index contributed by atoms with van der Waals surface area (Å²) < 4.78 is 8.96. The summed E-state index contributed by atoms with van der Waals surface area (Å²) in [7, 11) is 1.84. The molecule has 3 rings (SSSR count). The molecule has 9 nitrogen and oxygen atoms in total.